The molecular formula is C16H15N3O5S. The lowest BCUT2D eigenvalue weighted by Crippen LogP contribution is -2.31. The molecule has 0 aliphatic rings. The summed E-state index contributed by atoms with van der Waals surface area (Å²) in [6.45, 7) is 4.08. The molecule has 0 unspecified atom stereocenters. The number of carbonyl (C=O) groups is 2. The first-order chi connectivity index (χ1) is 11.8. The molecule has 1 aromatic carbocycles. The Labute approximate surface area is 144 Å². The summed E-state index contributed by atoms with van der Waals surface area (Å²) < 4.78 is 26.4. The van der Waals surface area contributed by atoms with Crippen molar-refractivity contribution >= 4 is 27.6 Å². The number of amides is 1. The summed E-state index contributed by atoms with van der Waals surface area (Å²) in [4.78, 5) is 26.5. The second kappa shape index (κ2) is 7.58. The molecule has 130 valence electrons. The van der Waals surface area contributed by atoms with Gasteiger partial charge in [-0.2, -0.15) is 0 Å². The first-order valence-corrected chi connectivity index (χ1v) is 8.53. The van der Waals surface area contributed by atoms with Crippen molar-refractivity contribution in [2.75, 3.05) is 11.9 Å². The van der Waals surface area contributed by atoms with Gasteiger partial charge in [-0.3, -0.25) is 9.78 Å². The molecule has 0 radical (unpaired) electrons. The SMILES string of the molecule is C=CCNc1ccc(S(=O)(=O)NC(=O)c2cc(C(=O)O)ccn2)cc1. The maximum absolute atomic E-state index is 12.2. The molecule has 0 atom stereocenters. The van der Waals surface area contributed by atoms with E-state index in [0.717, 1.165) is 12.3 Å². The maximum Gasteiger partial charge on any atom is 0.335 e. The summed E-state index contributed by atoms with van der Waals surface area (Å²) in [5.74, 6) is -2.26. The van der Waals surface area contributed by atoms with E-state index in [4.69, 9.17) is 5.11 Å². The van der Waals surface area contributed by atoms with Crippen molar-refractivity contribution in [2.45, 2.75) is 4.90 Å². The Morgan fingerprint density at radius 2 is 1.88 bits per heavy atom. The van der Waals surface area contributed by atoms with Gasteiger partial charge in [0.15, 0.2) is 0 Å². The number of hydrogen-bond donors (Lipinski definition) is 3. The van der Waals surface area contributed by atoms with Crippen LogP contribution in [0.3, 0.4) is 0 Å². The normalized spacial score (nSPS) is 10.7. The summed E-state index contributed by atoms with van der Waals surface area (Å²) in [5, 5.41) is 11.9. The summed E-state index contributed by atoms with van der Waals surface area (Å²) in [6, 6.07) is 7.96. The van der Waals surface area contributed by atoms with Gasteiger partial charge in [0, 0.05) is 18.4 Å². The van der Waals surface area contributed by atoms with E-state index in [9.17, 15) is 18.0 Å². The predicted octanol–water partition coefficient (Wildman–Crippen LogP) is 1.50. The number of carbonyl (C=O) groups excluding carboxylic acids is 1. The summed E-state index contributed by atoms with van der Waals surface area (Å²) >= 11 is 0. The van der Waals surface area contributed by atoms with Gasteiger partial charge in [0.05, 0.1) is 10.5 Å². The number of hydrogen-bond acceptors (Lipinski definition) is 6. The number of carboxylic acids is 1. The fourth-order valence-corrected chi connectivity index (χ4v) is 2.82. The third-order valence-corrected chi connectivity index (χ3v) is 4.43. The van der Waals surface area contributed by atoms with E-state index in [1.165, 1.54) is 18.2 Å². The second-order valence-electron chi connectivity index (χ2n) is 4.86. The first-order valence-electron chi connectivity index (χ1n) is 7.05. The molecule has 1 aromatic heterocycles. The van der Waals surface area contributed by atoms with Crippen LogP contribution < -0.4 is 10.0 Å². The highest BCUT2D eigenvalue weighted by molar-refractivity contribution is 7.90. The molecule has 0 saturated heterocycles. The Morgan fingerprint density at radius 1 is 1.20 bits per heavy atom. The van der Waals surface area contributed by atoms with Crippen molar-refractivity contribution in [3.05, 3.63) is 66.5 Å². The van der Waals surface area contributed by atoms with Crippen molar-refractivity contribution in [1.29, 1.82) is 0 Å². The van der Waals surface area contributed by atoms with Gasteiger partial charge in [0.1, 0.15) is 5.69 Å². The lowest BCUT2D eigenvalue weighted by atomic mass is 10.2. The average molecular weight is 361 g/mol. The number of aromatic carboxylic acids is 1. The molecule has 2 rings (SSSR count). The number of pyridine rings is 1. The van der Waals surface area contributed by atoms with Gasteiger partial charge in [-0.15, -0.1) is 6.58 Å². The maximum atomic E-state index is 12.2. The zero-order valence-corrected chi connectivity index (χ0v) is 13.8. The number of sulfonamides is 1. The highest BCUT2D eigenvalue weighted by atomic mass is 32.2. The van der Waals surface area contributed by atoms with Crippen LogP contribution in [-0.2, 0) is 10.0 Å². The molecule has 25 heavy (non-hydrogen) atoms. The quantitative estimate of drug-likeness (QED) is 0.638. The Kier molecular flexibility index (Phi) is 5.50. The topological polar surface area (TPSA) is 125 Å². The van der Waals surface area contributed by atoms with E-state index in [2.05, 4.69) is 16.9 Å². The molecule has 0 saturated carbocycles. The number of anilines is 1. The third-order valence-electron chi connectivity index (χ3n) is 3.08. The minimum Gasteiger partial charge on any atom is -0.478 e. The number of carboxylic acid groups (broad SMARTS) is 1. The molecule has 0 aliphatic heterocycles. The lowest BCUT2D eigenvalue weighted by molar-refractivity contribution is 0.0696. The van der Waals surface area contributed by atoms with Gasteiger partial charge in [0.2, 0.25) is 0 Å². The largest absolute Gasteiger partial charge is 0.478 e. The van der Waals surface area contributed by atoms with Gasteiger partial charge in [-0.05, 0) is 36.4 Å². The molecule has 8 nitrogen and oxygen atoms in total. The fraction of sp³-hybridized carbons (Fsp3) is 0.0625. The first kappa shape index (κ1) is 18.1. The molecule has 9 heteroatoms. The summed E-state index contributed by atoms with van der Waals surface area (Å²) in [6.07, 6.45) is 2.77. The summed E-state index contributed by atoms with van der Waals surface area (Å²) in [7, 11) is -4.11. The molecule has 3 N–H and O–H groups in total. The monoisotopic (exact) mass is 361 g/mol. The number of aromatic nitrogens is 1. The van der Waals surface area contributed by atoms with Crippen LogP contribution >= 0.6 is 0 Å². The minimum atomic E-state index is -4.11. The van der Waals surface area contributed by atoms with Crippen LogP contribution in [0.15, 0.2) is 60.1 Å². The molecule has 1 heterocycles. The van der Waals surface area contributed by atoms with Crippen LogP contribution in [0.4, 0.5) is 5.69 Å². The average Bonchev–Trinajstić information content (AvgIpc) is 2.60. The van der Waals surface area contributed by atoms with E-state index in [0.29, 0.717) is 12.2 Å². The van der Waals surface area contributed by atoms with E-state index < -0.39 is 21.9 Å². The van der Waals surface area contributed by atoms with Crippen LogP contribution in [0.1, 0.15) is 20.8 Å². The van der Waals surface area contributed by atoms with Gasteiger partial charge in [-0.25, -0.2) is 17.9 Å². The van der Waals surface area contributed by atoms with Crippen molar-refractivity contribution in [2.24, 2.45) is 0 Å². The van der Waals surface area contributed by atoms with Crippen molar-refractivity contribution in [1.82, 2.24) is 9.71 Å². The molecule has 0 fully saturated rings. The molecular weight excluding hydrogens is 346 g/mol. The van der Waals surface area contributed by atoms with E-state index in [1.807, 2.05) is 4.72 Å². The van der Waals surface area contributed by atoms with Crippen LogP contribution in [0.2, 0.25) is 0 Å². The summed E-state index contributed by atoms with van der Waals surface area (Å²) in [5.41, 5.74) is 0.212. The highest BCUT2D eigenvalue weighted by Crippen LogP contribution is 2.14. The number of nitrogens with one attached hydrogen (secondary N) is 2. The molecule has 2 aromatic rings. The molecule has 0 spiro atoms. The van der Waals surface area contributed by atoms with Crippen LogP contribution in [0, 0.1) is 0 Å². The van der Waals surface area contributed by atoms with Gasteiger partial charge in [0.25, 0.3) is 15.9 Å². The van der Waals surface area contributed by atoms with Crippen molar-refractivity contribution < 1.29 is 23.1 Å². The standard InChI is InChI=1S/C16H15N3O5S/c1-2-8-17-12-3-5-13(6-4-12)25(23,24)19-15(20)14-10-11(16(21)22)7-9-18-14/h2-7,9-10,17H,1,8H2,(H,19,20)(H,21,22). The number of benzene rings is 1. The minimum absolute atomic E-state index is 0.112. The van der Waals surface area contributed by atoms with Crippen molar-refractivity contribution in [3.8, 4) is 0 Å². The lowest BCUT2D eigenvalue weighted by Gasteiger charge is -2.08. The van der Waals surface area contributed by atoms with Gasteiger partial charge in [-0.1, -0.05) is 6.08 Å². The Morgan fingerprint density at radius 3 is 2.48 bits per heavy atom. The zero-order chi connectivity index (χ0) is 18.4. The molecule has 0 aliphatic carbocycles. The fourth-order valence-electron chi connectivity index (χ4n) is 1.86. The van der Waals surface area contributed by atoms with Crippen molar-refractivity contribution in [3.63, 3.8) is 0 Å². The molecule has 0 bridgehead atoms. The Hall–Kier alpha value is -3.20. The predicted molar refractivity (Wildman–Crippen MR) is 91.0 cm³/mol. The van der Waals surface area contributed by atoms with E-state index >= 15 is 0 Å². The van der Waals surface area contributed by atoms with Crippen LogP contribution in [-0.4, -0.2) is 36.9 Å². The zero-order valence-electron chi connectivity index (χ0n) is 13.0. The van der Waals surface area contributed by atoms with Crippen LogP contribution in [0.25, 0.3) is 0 Å². The Balaban J connectivity index is 2.17. The van der Waals surface area contributed by atoms with Crippen LogP contribution in [0.5, 0.6) is 0 Å². The molecule has 1 amide bonds. The second-order valence-corrected chi connectivity index (χ2v) is 6.55. The third kappa shape index (κ3) is 4.64. The smallest absolute Gasteiger partial charge is 0.335 e. The highest BCUT2D eigenvalue weighted by Gasteiger charge is 2.20. The van der Waals surface area contributed by atoms with Gasteiger partial charge >= 0.3 is 5.97 Å². The number of nitrogens with zero attached hydrogens (tertiary/aromatic N) is 1. The number of rotatable bonds is 7. The van der Waals surface area contributed by atoms with E-state index in [1.54, 1.807) is 18.2 Å². The Bertz CT molecular complexity index is 908. The van der Waals surface area contributed by atoms with Gasteiger partial charge < -0.3 is 10.4 Å². The van der Waals surface area contributed by atoms with E-state index in [-0.39, 0.29) is 16.2 Å².